The number of nitro benzene ring substituents is 1. The van der Waals surface area contributed by atoms with E-state index >= 15 is 0 Å². The van der Waals surface area contributed by atoms with Crippen LogP contribution in [-0.2, 0) is 0 Å². The Kier molecular flexibility index (Phi) is 3.80. The van der Waals surface area contributed by atoms with Crippen LogP contribution in [0.4, 0.5) is 30.2 Å². The van der Waals surface area contributed by atoms with Crippen molar-refractivity contribution in [2.24, 2.45) is 0 Å². The Morgan fingerprint density at radius 3 is 2.40 bits per heavy atom. The van der Waals surface area contributed by atoms with Crippen molar-refractivity contribution >= 4 is 28.7 Å². The van der Waals surface area contributed by atoms with Gasteiger partial charge in [0.15, 0.2) is 0 Å². The van der Waals surface area contributed by atoms with E-state index in [0.29, 0.717) is 6.07 Å². The maximum atomic E-state index is 13.4. The minimum atomic E-state index is -1.31. The lowest BCUT2D eigenvalue weighted by Gasteiger charge is -2.08. The monoisotopic (exact) mass is 302 g/mol. The number of hydrogen-bond acceptors (Lipinski definition) is 3. The quantitative estimate of drug-likeness (QED) is 0.675. The molecule has 1 N–H and O–H groups in total. The van der Waals surface area contributed by atoms with Crippen LogP contribution in [0.1, 0.15) is 0 Å². The van der Waals surface area contributed by atoms with Gasteiger partial charge in [0.1, 0.15) is 17.3 Å². The van der Waals surface area contributed by atoms with Crippen LogP contribution in [0.15, 0.2) is 30.3 Å². The minimum absolute atomic E-state index is 0.157. The minimum Gasteiger partial charge on any atom is -0.350 e. The standard InChI is InChI=1S/C12H6ClF3N2O2/c13-8-5-7(1-2-9(8)15)17-11-4-6(14)3-10(16)12(11)18(19)20/h1-5,17H. The number of nitro groups is 1. The molecule has 0 heterocycles. The second-order valence-corrected chi connectivity index (χ2v) is 4.20. The predicted molar refractivity (Wildman–Crippen MR) is 67.7 cm³/mol. The van der Waals surface area contributed by atoms with Gasteiger partial charge in [0.25, 0.3) is 0 Å². The van der Waals surface area contributed by atoms with Gasteiger partial charge in [0.05, 0.1) is 9.95 Å². The zero-order valence-corrected chi connectivity index (χ0v) is 10.4. The summed E-state index contributed by atoms with van der Waals surface area (Å²) in [4.78, 5) is 9.80. The number of rotatable bonds is 3. The molecule has 0 spiro atoms. The van der Waals surface area contributed by atoms with Gasteiger partial charge < -0.3 is 5.32 Å². The molecule has 20 heavy (non-hydrogen) atoms. The Labute approximate surface area is 115 Å². The zero-order chi connectivity index (χ0) is 14.9. The fraction of sp³-hybridized carbons (Fsp3) is 0. The highest BCUT2D eigenvalue weighted by atomic mass is 35.5. The Morgan fingerprint density at radius 2 is 1.80 bits per heavy atom. The van der Waals surface area contributed by atoms with Gasteiger partial charge in [-0.2, -0.15) is 4.39 Å². The van der Waals surface area contributed by atoms with Crippen LogP contribution in [0.3, 0.4) is 0 Å². The summed E-state index contributed by atoms with van der Waals surface area (Å²) < 4.78 is 39.5. The van der Waals surface area contributed by atoms with Gasteiger partial charge in [0, 0.05) is 17.8 Å². The maximum absolute atomic E-state index is 13.4. The highest BCUT2D eigenvalue weighted by molar-refractivity contribution is 6.31. The molecule has 0 saturated heterocycles. The first-order valence-electron chi connectivity index (χ1n) is 5.24. The average Bonchev–Trinajstić information content (AvgIpc) is 2.32. The Bertz CT molecular complexity index is 695. The van der Waals surface area contributed by atoms with Crippen LogP contribution in [0, 0.1) is 27.6 Å². The first kappa shape index (κ1) is 14.1. The van der Waals surface area contributed by atoms with E-state index < -0.39 is 33.7 Å². The highest BCUT2D eigenvalue weighted by Gasteiger charge is 2.22. The smallest absolute Gasteiger partial charge is 0.328 e. The van der Waals surface area contributed by atoms with Crippen molar-refractivity contribution in [1.82, 2.24) is 0 Å². The van der Waals surface area contributed by atoms with Crippen LogP contribution >= 0.6 is 11.6 Å². The molecule has 0 saturated carbocycles. The molecule has 0 atom stereocenters. The van der Waals surface area contributed by atoms with Crippen molar-refractivity contribution in [3.8, 4) is 0 Å². The second kappa shape index (κ2) is 5.38. The lowest BCUT2D eigenvalue weighted by atomic mass is 10.2. The third-order valence-corrected chi connectivity index (χ3v) is 2.70. The van der Waals surface area contributed by atoms with Crippen molar-refractivity contribution in [1.29, 1.82) is 0 Å². The summed E-state index contributed by atoms with van der Waals surface area (Å²) in [6.45, 7) is 0. The fourth-order valence-corrected chi connectivity index (χ4v) is 1.76. The van der Waals surface area contributed by atoms with Gasteiger partial charge in [-0.3, -0.25) is 10.1 Å². The summed E-state index contributed by atoms with van der Waals surface area (Å²) >= 11 is 5.55. The number of nitrogens with one attached hydrogen (secondary N) is 1. The Morgan fingerprint density at radius 1 is 1.10 bits per heavy atom. The molecule has 2 rings (SSSR count). The summed E-state index contributed by atoms with van der Waals surface area (Å²) in [5.74, 6) is -2.98. The Balaban J connectivity index is 2.47. The van der Waals surface area contributed by atoms with E-state index in [9.17, 15) is 23.3 Å². The molecular formula is C12H6ClF3N2O2. The lowest BCUT2D eigenvalue weighted by Crippen LogP contribution is -2.01. The molecule has 8 heteroatoms. The molecule has 104 valence electrons. The van der Waals surface area contributed by atoms with E-state index in [2.05, 4.69) is 5.32 Å². The number of halogens is 4. The molecule has 0 bridgehead atoms. The fourth-order valence-electron chi connectivity index (χ4n) is 1.58. The van der Waals surface area contributed by atoms with E-state index in [4.69, 9.17) is 11.6 Å². The molecule has 0 aliphatic heterocycles. The highest BCUT2D eigenvalue weighted by Crippen LogP contribution is 2.32. The second-order valence-electron chi connectivity index (χ2n) is 3.79. The molecular weight excluding hydrogens is 297 g/mol. The molecule has 0 aromatic heterocycles. The summed E-state index contributed by atoms with van der Waals surface area (Å²) in [7, 11) is 0. The van der Waals surface area contributed by atoms with E-state index in [1.165, 1.54) is 6.07 Å². The van der Waals surface area contributed by atoms with Gasteiger partial charge in [0.2, 0.25) is 5.82 Å². The summed E-state index contributed by atoms with van der Waals surface area (Å²) in [6.07, 6.45) is 0. The molecule has 0 aliphatic rings. The Hall–Kier alpha value is -2.28. The van der Waals surface area contributed by atoms with Gasteiger partial charge >= 0.3 is 5.69 Å². The third kappa shape index (κ3) is 2.83. The van der Waals surface area contributed by atoms with Crippen molar-refractivity contribution < 1.29 is 18.1 Å². The summed E-state index contributed by atoms with van der Waals surface area (Å²) in [6, 6.07) is 4.56. The normalized spacial score (nSPS) is 10.4. The van der Waals surface area contributed by atoms with Gasteiger partial charge in [-0.05, 0) is 18.2 Å². The molecule has 0 fully saturated rings. The first-order chi connectivity index (χ1) is 9.38. The van der Waals surface area contributed by atoms with E-state index in [1.807, 2.05) is 0 Å². The van der Waals surface area contributed by atoms with Crippen molar-refractivity contribution in [3.05, 3.63) is 62.9 Å². The largest absolute Gasteiger partial charge is 0.350 e. The predicted octanol–water partition coefficient (Wildman–Crippen LogP) is 4.41. The SMILES string of the molecule is O=[N+]([O-])c1c(F)cc(F)cc1Nc1ccc(F)c(Cl)c1. The van der Waals surface area contributed by atoms with E-state index in [1.54, 1.807) is 0 Å². The zero-order valence-electron chi connectivity index (χ0n) is 9.66. The van der Waals surface area contributed by atoms with Crippen LogP contribution in [-0.4, -0.2) is 4.92 Å². The third-order valence-electron chi connectivity index (χ3n) is 2.41. The molecule has 0 radical (unpaired) electrons. The number of benzene rings is 2. The van der Waals surface area contributed by atoms with Gasteiger partial charge in [-0.25, -0.2) is 8.78 Å². The average molecular weight is 303 g/mol. The number of anilines is 2. The van der Waals surface area contributed by atoms with Gasteiger partial charge in [-0.1, -0.05) is 11.6 Å². The molecule has 4 nitrogen and oxygen atoms in total. The van der Waals surface area contributed by atoms with Gasteiger partial charge in [-0.15, -0.1) is 0 Å². The van der Waals surface area contributed by atoms with Crippen molar-refractivity contribution in [2.75, 3.05) is 5.32 Å². The topological polar surface area (TPSA) is 55.2 Å². The summed E-state index contributed by atoms with van der Waals surface area (Å²) in [5, 5.41) is 13.0. The first-order valence-corrected chi connectivity index (χ1v) is 5.62. The molecule has 2 aromatic carbocycles. The molecule has 0 aliphatic carbocycles. The molecule has 2 aromatic rings. The van der Waals surface area contributed by atoms with Crippen LogP contribution in [0.25, 0.3) is 0 Å². The van der Waals surface area contributed by atoms with E-state index in [-0.39, 0.29) is 10.7 Å². The van der Waals surface area contributed by atoms with Crippen molar-refractivity contribution in [2.45, 2.75) is 0 Å². The van der Waals surface area contributed by atoms with Crippen molar-refractivity contribution in [3.63, 3.8) is 0 Å². The lowest BCUT2D eigenvalue weighted by molar-refractivity contribution is -0.386. The number of nitrogens with zero attached hydrogens (tertiary/aromatic N) is 1. The van der Waals surface area contributed by atoms with Crippen LogP contribution in [0.2, 0.25) is 5.02 Å². The summed E-state index contributed by atoms with van der Waals surface area (Å²) in [5.41, 5.74) is -1.15. The number of hydrogen-bond donors (Lipinski definition) is 1. The van der Waals surface area contributed by atoms with Crippen LogP contribution < -0.4 is 5.32 Å². The van der Waals surface area contributed by atoms with Crippen LogP contribution in [0.5, 0.6) is 0 Å². The maximum Gasteiger partial charge on any atom is 0.328 e. The van der Waals surface area contributed by atoms with E-state index in [0.717, 1.165) is 18.2 Å². The molecule has 0 amide bonds. The molecule has 0 unspecified atom stereocenters.